The Morgan fingerprint density at radius 3 is 2.48 bits per heavy atom. The van der Waals surface area contributed by atoms with Crippen LogP contribution in [0.15, 0.2) is 42.5 Å². The van der Waals surface area contributed by atoms with Gasteiger partial charge in [0.25, 0.3) is 0 Å². The van der Waals surface area contributed by atoms with Gasteiger partial charge in [0.05, 0.1) is 17.2 Å². The zero-order valence-corrected chi connectivity index (χ0v) is 16.4. The summed E-state index contributed by atoms with van der Waals surface area (Å²) in [4.78, 5) is 11.9. The second kappa shape index (κ2) is 10.6. The van der Waals surface area contributed by atoms with Gasteiger partial charge in [0.2, 0.25) is 5.91 Å². The molecule has 2 aromatic rings. The predicted molar refractivity (Wildman–Crippen MR) is 107 cm³/mol. The van der Waals surface area contributed by atoms with Crippen LogP contribution in [0.5, 0.6) is 5.75 Å². The smallest absolute Gasteiger partial charge is 0.220 e. The summed E-state index contributed by atoms with van der Waals surface area (Å²) in [5, 5.41) is 4.08. The molecule has 0 spiro atoms. The molecule has 0 saturated heterocycles. The Morgan fingerprint density at radius 2 is 1.80 bits per heavy atom. The number of carbonyl (C=O) groups is 1. The van der Waals surface area contributed by atoms with Crippen LogP contribution in [-0.4, -0.2) is 25.3 Å². The van der Waals surface area contributed by atoms with Gasteiger partial charge in [-0.2, -0.15) is 11.8 Å². The van der Waals surface area contributed by atoms with Gasteiger partial charge in [-0.1, -0.05) is 41.4 Å². The van der Waals surface area contributed by atoms with Crippen LogP contribution in [0.2, 0.25) is 10.0 Å². The third-order valence-corrected chi connectivity index (χ3v) is 5.39. The van der Waals surface area contributed by atoms with Crippen molar-refractivity contribution in [3.63, 3.8) is 0 Å². The third kappa shape index (κ3) is 7.18. The highest BCUT2D eigenvalue weighted by Crippen LogP contribution is 2.24. The van der Waals surface area contributed by atoms with Crippen molar-refractivity contribution >= 4 is 40.9 Å². The van der Waals surface area contributed by atoms with Crippen molar-refractivity contribution in [3.05, 3.63) is 63.6 Å². The normalized spacial score (nSPS) is 10.5. The van der Waals surface area contributed by atoms with Gasteiger partial charge in [-0.25, -0.2) is 0 Å². The molecule has 2 aromatic carbocycles. The van der Waals surface area contributed by atoms with E-state index in [1.54, 1.807) is 24.9 Å². The zero-order valence-electron chi connectivity index (χ0n) is 14.1. The molecule has 0 aromatic heterocycles. The molecule has 0 aliphatic heterocycles. The van der Waals surface area contributed by atoms with Crippen LogP contribution in [-0.2, 0) is 17.0 Å². The lowest BCUT2D eigenvalue weighted by Gasteiger charge is -2.07. The number of carbonyl (C=O) groups excluding carboxylic acids is 1. The topological polar surface area (TPSA) is 38.3 Å². The summed E-state index contributed by atoms with van der Waals surface area (Å²) in [6, 6.07) is 13.5. The lowest BCUT2D eigenvalue weighted by Crippen LogP contribution is -2.25. The monoisotopic (exact) mass is 397 g/mol. The molecule has 1 amide bonds. The molecular weight excluding hydrogens is 377 g/mol. The maximum Gasteiger partial charge on any atom is 0.220 e. The zero-order chi connectivity index (χ0) is 18.1. The number of hydrogen-bond acceptors (Lipinski definition) is 3. The first-order chi connectivity index (χ1) is 12.1. The maximum absolute atomic E-state index is 11.9. The van der Waals surface area contributed by atoms with E-state index in [4.69, 9.17) is 27.9 Å². The van der Waals surface area contributed by atoms with E-state index in [1.165, 1.54) is 5.56 Å². The molecule has 25 heavy (non-hydrogen) atoms. The summed E-state index contributed by atoms with van der Waals surface area (Å²) < 4.78 is 5.13. The maximum atomic E-state index is 11.9. The number of ether oxygens (including phenoxy) is 1. The van der Waals surface area contributed by atoms with Gasteiger partial charge in [0.15, 0.2) is 0 Å². The highest BCUT2D eigenvalue weighted by molar-refractivity contribution is 7.98. The highest BCUT2D eigenvalue weighted by Gasteiger charge is 2.03. The number of nitrogens with one attached hydrogen (secondary N) is 1. The van der Waals surface area contributed by atoms with Crippen molar-refractivity contribution < 1.29 is 9.53 Å². The highest BCUT2D eigenvalue weighted by atomic mass is 35.5. The Hall–Kier alpha value is -1.36. The number of benzene rings is 2. The van der Waals surface area contributed by atoms with Gasteiger partial charge in [-0.15, -0.1) is 0 Å². The molecule has 2 rings (SSSR count). The van der Waals surface area contributed by atoms with E-state index in [0.717, 1.165) is 29.2 Å². The molecule has 0 fully saturated rings. The van der Waals surface area contributed by atoms with Gasteiger partial charge in [-0.3, -0.25) is 4.79 Å². The van der Waals surface area contributed by atoms with E-state index in [2.05, 4.69) is 5.32 Å². The number of rotatable bonds is 9. The largest absolute Gasteiger partial charge is 0.497 e. The number of thioether (sulfide) groups is 1. The third-order valence-electron chi connectivity index (χ3n) is 3.62. The van der Waals surface area contributed by atoms with Crippen LogP contribution in [0.1, 0.15) is 17.5 Å². The van der Waals surface area contributed by atoms with Gasteiger partial charge >= 0.3 is 0 Å². The fourth-order valence-electron chi connectivity index (χ4n) is 2.21. The van der Waals surface area contributed by atoms with Crippen LogP contribution < -0.4 is 10.1 Å². The average Bonchev–Trinajstić information content (AvgIpc) is 2.62. The van der Waals surface area contributed by atoms with Crippen LogP contribution in [0.25, 0.3) is 0 Å². The second-order valence-electron chi connectivity index (χ2n) is 5.50. The summed E-state index contributed by atoms with van der Waals surface area (Å²) in [6.45, 7) is 0.641. The Kier molecular flexibility index (Phi) is 8.45. The van der Waals surface area contributed by atoms with E-state index in [0.29, 0.717) is 23.0 Å². The van der Waals surface area contributed by atoms with Crippen molar-refractivity contribution in [2.75, 3.05) is 19.4 Å². The second-order valence-corrected chi connectivity index (χ2v) is 7.42. The van der Waals surface area contributed by atoms with Gasteiger partial charge < -0.3 is 10.1 Å². The van der Waals surface area contributed by atoms with Gasteiger partial charge in [0.1, 0.15) is 5.75 Å². The minimum atomic E-state index is 0.0788. The Morgan fingerprint density at radius 1 is 1.08 bits per heavy atom. The fourth-order valence-corrected chi connectivity index (χ4v) is 3.42. The van der Waals surface area contributed by atoms with Crippen molar-refractivity contribution in [2.45, 2.75) is 18.6 Å². The molecule has 0 atom stereocenters. The Balaban J connectivity index is 1.59. The van der Waals surface area contributed by atoms with Crippen molar-refractivity contribution in [1.82, 2.24) is 5.32 Å². The van der Waals surface area contributed by atoms with Crippen molar-refractivity contribution in [2.24, 2.45) is 0 Å². The molecule has 0 saturated carbocycles. The molecule has 0 aliphatic rings. The Bertz CT molecular complexity index is 692. The fraction of sp³-hybridized carbons (Fsp3) is 0.316. The first-order valence-corrected chi connectivity index (χ1v) is 9.91. The molecule has 6 heteroatoms. The minimum Gasteiger partial charge on any atom is -0.497 e. The summed E-state index contributed by atoms with van der Waals surface area (Å²) >= 11 is 13.6. The standard InChI is InChI=1S/C19H21Cl2NO2S/c1-24-16-5-2-14(3-6-16)8-10-22-19(23)9-11-25-13-15-4-7-17(20)18(21)12-15/h2-7,12H,8-11,13H2,1H3,(H,22,23). The summed E-state index contributed by atoms with van der Waals surface area (Å²) in [5.41, 5.74) is 2.29. The van der Waals surface area contributed by atoms with Crippen LogP contribution in [0.4, 0.5) is 0 Å². The first kappa shape index (κ1) is 20.0. The van der Waals surface area contributed by atoms with E-state index in [-0.39, 0.29) is 5.91 Å². The molecule has 134 valence electrons. The van der Waals surface area contributed by atoms with Crippen molar-refractivity contribution in [3.8, 4) is 5.75 Å². The lowest BCUT2D eigenvalue weighted by molar-refractivity contribution is -0.120. The molecule has 0 unspecified atom stereocenters. The molecule has 1 N–H and O–H groups in total. The molecule has 0 radical (unpaired) electrons. The van der Waals surface area contributed by atoms with Crippen LogP contribution in [0, 0.1) is 0 Å². The summed E-state index contributed by atoms with van der Waals surface area (Å²) in [7, 11) is 1.65. The molecule has 0 aliphatic carbocycles. The number of hydrogen-bond donors (Lipinski definition) is 1. The molecular formula is C19H21Cl2NO2S. The molecule has 3 nitrogen and oxygen atoms in total. The van der Waals surface area contributed by atoms with Crippen LogP contribution >= 0.6 is 35.0 Å². The summed E-state index contributed by atoms with van der Waals surface area (Å²) in [6.07, 6.45) is 1.32. The van der Waals surface area contributed by atoms with E-state index >= 15 is 0 Å². The van der Waals surface area contributed by atoms with Gasteiger partial charge in [-0.05, 0) is 41.8 Å². The van der Waals surface area contributed by atoms with E-state index < -0.39 is 0 Å². The van der Waals surface area contributed by atoms with Crippen LogP contribution in [0.3, 0.4) is 0 Å². The average molecular weight is 398 g/mol. The Labute approximate surface area is 163 Å². The van der Waals surface area contributed by atoms with E-state index in [9.17, 15) is 4.79 Å². The number of methoxy groups -OCH3 is 1. The van der Waals surface area contributed by atoms with Crippen molar-refractivity contribution in [1.29, 1.82) is 0 Å². The predicted octanol–water partition coefficient (Wildman–Crippen LogP) is 4.98. The number of halogens is 2. The van der Waals surface area contributed by atoms with E-state index in [1.807, 2.05) is 36.4 Å². The molecule has 0 bridgehead atoms. The quantitative estimate of drug-likeness (QED) is 0.605. The first-order valence-electron chi connectivity index (χ1n) is 8.00. The summed E-state index contributed by atoms with van der Waals surface area (Å²) in [5.74, 6) is 2.51. The number of amides is 1. The molecule has 0 heterocycles. The van der Waals surface area contributed by atoms with Gasteiger partial charge in [0, 0.05) is 24.5 Å². The lowest BCUT2D eigenvalue weighted by atomic mass is 10.1. The SMILES string of the molecule is COc1ccc(CCNC(=O)CCSCc2ccc(Cl)c(Cl)c2)cc1. The minimum absolute atomic E-state index is 0.0788.